The SMILES string of the molecule is CCCc1c(COc2ccc(Cc3nnnn3CCCc3nn[nH]n3)cc2)ccc(C(C)=O)c1O. The lowest BCUT2D eigenvalue weighted by Gasteiger charge is -2.14. The fourth-order valence-corrected chi connectivity index (χ4v) is 3.87. The van der Waals surface area contributed by atoms with Crippen molar-refractivity contribution in [2.45, 2.75) is 59.1 Å². The molecule has 35 heavy (non-hydrogen) atoms. The Balaban J connectivity index is 1.35. The van der Waals surface area contributed by atoms with Crippen molar-refractivity contribution in [1.29, 1.82) is 0 Å². The Morgan fingerprint density at radius 3 is 2.66 bits per heavy atom. The predicted octanol–water partition coefficient (Wildman–Crippen LogP) is 2.85. The first-order valence-corrected chi connectivity index (χ1v) is 11.6. The summed E-state index contributed by atoms with van der Waals surface area (Å²) in [5.74, 6) is 2.07. The van der Waals surface area contributed by atoms with Crippen LogP contribution in [-0.4, -0.2) is 51.7 Å². The minimum atomic E-state index is -0.152. The third-order valence-corrected chi connectivity index (χ3v) is 5.70. The number of hydrogen-bond donors (Lipinski definition) is 2. The molecule has 0 saturated carbocycles. The van der Waals surface area contributed by atoms with Crippen LogP contribution >= 0.6 is 0 Å². The number of nitrogens with one attached hydrogen (secondary N) is 1. The highest BCUT2D eigenvalue weighted by Gasteiger charge is 2.15. The van der Waals surface area contributed by atoms with Crippen molar-refractivity contribution in [1.82, 2.24) is 40.8 Å². The number of tetrazole rings is 2. The van der Waals surface area contributed by atoms with Crippen molar-refractivity contribution in [2.24, 2.45) is 0 Å². The van der Waals surface area contributed by atoms with Gasteiger partial charge >= 0.3 is 0 Å². The Hall–Kier alpha value is -4.15. The number of aromatic hydroxyl groups is 1. The molecule has 2 aromatic carbocycles. The maximum absolute atomic E-state index is 11.8. The van der Waals surface area contributed by atoms with Crippen molar-refractivity contribution in [3.05, 3.63) is 70.3 Å². The molecule has 4 aromatic rings. The normalized spacial score (nSPS) is 11.0. The average molecular weight is 477 g/mol. The fourth-order valence-electron chi connectivity index (χ4n) is 3.87. The Kier molecular flexibility index (Phi) is 7.76. The Labute approximate surface area is 202 Å². The van der Waals surface area contributed by atoms with Crippen molar-refractivity contribution in [2.75, 3.05) is 0 Å². The number of H-pyrrole nitrogens is 1. The lowest BCUT2D eigenvalue weighted by molar-refractivity contribution is 0.101. The summed E-state index contributed by atoms with van der Waals surface area (Å²) in [6.07, 6.45) is 3.61. The zero-order valence-corrected chi connectivity index (χ0v) is 19.8. The first-order chi connectivity index (χ1) is 17.0. The summed E-state index contributed by atoms with van der Waals surface area (Å²) in [5, 5.41) is 36.5. The monoisotopic (exact) mass is 476 g/mol. The van der Waals surface area contributed by atoms with Crippen LogP contribution in [-0.2, 0) is 32.4 Å². The van der Waals surface area contributed by atoms with Gasteiger partial charge in [0, 0.05) is 24.9 Å². The van der Waals surface area contributed by atoms with E-state index in [9.17, 15) is 9.90 Å². The molecule has 4 rings (SSSR count). The van der Waals surface area contributed by atoms with Gasteiger partial charge in [-0.2, -0.15) is 5.21 Å². The van der Waals surface area contributed by atoms with Crippen molar-refractivity contribution < 1.29 is 14.6 Å². The number of ether oxygens (including phenoxy) is 1. The van der Waals surface area contributed by atoms with E-state index in [1.54, 1.807) is 10.7 Å². The Morgan fingerprint density at radius 2 is 1.94 bits per heavy atom. The summed E-state index contributed by atoms with van der Waals surface area (Å²) < 4.78 is 7.76. The van der Waals surface area contributed by atoms with E-state index in [0.717, 1.165) is 35.4 Å². The number of rotatable bonds is 12. The number of hydrogen-bond acceptors (Lipinski definition) is 9. The van der Waals surface area contributed by atoms with E-state index in [4.69, 9.17) is 4.74 Å². The highest BCUT2D eigenvalue weighted by molar-refractivity contribution is 5.97. The molecule has 2 N–H and O–H groups in total. The smallest absolute Gasteiger partial charge is 0.174 e. The topological polar surface area (TPSA) is 145 Å². The van der Waals surface area contributed by atoms with Crippen molar-refractivity contribution in [3.8, 4) is 11.5 Å². The highest BCUT2D eigenvalue weighted by Crippen LogP contribution is 2.29. The number of Topliss-reactive ketones (excluding diaryl/α,β-unsaturated/α-hetero) is 1. The number of aromatic nitrogens is 8. The molecule has 0 spiro atoms. The molecule has 0 amide bonds. The summed E-state index contributed by atoms with van der Waals surface area (Å²) in [4.78, 5) is 11.8. The molecular formula is C24H28N8O3. The molecule has 2 aromatic heterocycles. The zero-order valence-electron chi connectivity index (χ0n) is 19.8. The summed E-state index contributed by atoms with van der Waals surface area (Å²) in [7, 11) is 0. The molecule has 0 aliphatic heterocycles. The molecule has 0 aliphatic carbocycles. The van der Waals surface area contributed by atoms with Gasteiger partial charge in [-0.05, 0) is 59.5 Å². The van der Waals surface area contributed by atoms with Gasteiger partial charge in [-0.1, -0.05) is 36.8 Å². The van der Waals surface area contributed by atoms with Crippen molar-refractivity contribution >= 4 is 5.78 Å². The van der Waals surface area contributed by atoms with Gasteiger partial charge in [-0.15, -0.1) is 15.3 Å². The summed E-state index contributed by atoms with van der Waals surface area (Å²) in [5.41, 5.74) is 3.04. The molecule has 182 valence electrons. The molecule has 11 heteroatoms. The highest BCUT2D eigenvalue weighted by atomic mass is 16.5. The van der Waals surface area contributed by atoms with Crippen LogP contribution in [0.2, 0.25) is 0 Å². The molecule has 2 heterocycles. The van der Waals surface area contributed by atoms with Gasteiger partial charge in [-0.3, -0.25) is 4.79 Å². The number of phenolic OH excluding ortho intramolecular Hbond substituents is 1. The predicted molar refractivity (Wildman–Crippen MR) is 126 cm³/mol. The van der Waals surface area contributed by atoms with E-state index in [0.29, 0.717) is 49.6 Å². The summed E-state index contributed by atoms with van der Waals surface area (Å²) in [6, 6.07) is 11.3. The maximum atomic E-state index is 11.8. The molecular weight excluding hydrogens is 448 g/mol. The number of phenols is 1. The van der Waals surface area contributed by atoms with E-state index < -0.39 is 0 Å². The Bertz CT molecular complexity index is 1250. The minimum Gasteiger partial charge on any atom is -0.507 e. The summed E-state index contributed by atoms with van der Waals surface area (Å²) in [6.45, 7) is 4.46. The lowest BCUT2D eigenvalue weighted by atomic mass is 9.97. The number of carbonyl (C=O) groups excluding carboxylic acids is 1. The number of aryl methyl sites for hydroxylation is 2. The van der Waals surface area contributed by atoms with E-state index in [1.165, 1.54) is 6.92 Å². The minimum absolute atomic E-state index is 0.0609. The van der Waals surface area contributed by atoms with Crippen LogP contribution in [0.1, 0.15) is 65.4 Å². The molecule has 11 nitrogen and oxygen atoms in total. The van der Waals surface area contributed by atoms with Gasteiger partial charge in [0.2, 0.25) is 0 Å². The van der Waals surface area contributed by atoms with Crippen LogP contribution < -0.4 is 4.74 Å². The third kappa shape index (κ3) is 6.05. The zero-order chi connectivity index (χ0) is 24.6. The molecule has 0 saturated heterocycles. The van der Waals surface area contributed by atoms with Gasteiger partial charge in [0.25, 0.3) is 0 Å². The third-order valence-electron chi connectivity index (χ3n) is 5.70. The van der Waals surface area contributed by atoms with Crippen LogP contribution in [0.3, 0.4) is 0 Å². The first kappa shape index (κ1) is 24.0. The van der Waals surface area contributed by atoms with Crippen LogP contribution in [0.5, 0.6) is 11.5 Å². The molecule has 0 unspecified atom stereocenters. The van der Waals surface area contributed by atoms with Gasteiger partial charge < -0.3 is 9.84 Å². The van der Waals surface area contributed by atoms with Crippen LogP contribution in [0.4, 0.5) is 0 Å². The summed E-state index contributed by atoms with van der Waals surface area (Å²) >= 11 is 0. The fraction of sp³-hybridized carbons (Fsp3) is 0.375. The van der Waals surface area contributed by atoms with E-state index >= 15 is 0 Å². The quantitative estimate of drug-likeness (QED) is 0.295. The van der Waals surface area contributed by atoms with Crippen molar-refractivity contribution in [3.63, 3.8) is 0 Å². The van der Waals surface area contributed by atoms with Crippen LogP contribution in [0.15, 0.2) is 36.4 Å². The number of aromatic amines is 1. The van der Waals surface area contributed by atoms with Gasteiger partial charge in [-0.25, -0.2) is 4.68 Å². The van der Waals surface area contributed by atoms with E-state index in [-0.39, 0.29) is 11.5 Å². The number of ketones is 1. The Morgan fingerprint density at radius 1 is 1.11 bits per heavy atom. The molecule has 0 bridgehead atoms. The number of carbonyl (C=O) groups is 1. The van der Waals surface area contributed by atoms with Crippen LogP contribution in [0, 0.1) is 0 Å². The average Bonchev–Trinajstić information content (AvgIpc) is 3.53. The number of nitrogens with zero attached hydrogens (tertiary/aromatic N) is 7. The second-order valence-electron chi connectivity index (χ2n) is 8.26. The van der Waals surface area contributed by atoms with Gasteiger partial charge in [0.05, 0.1) is 5.56 Å². The molecule has 0 radical (unpaired) electrons. The molecule has 0 aliphatic rings. The number of benzene rings is 2. The maximum Gasteiger partial charge on any atom is 0.174 e. The molecule has 0 atom stereocenters. The second-order valence-corrected chi connectivity index (χ2v) is 8.26. The standard InChI is InChI=1S/C24H28N8O3/c1-3-5-21-18(9-12-20(16(2)33)24(21)34)15-35-19-10-7-17(8-11-19)14-23-27-30-31-32(23)13-4-6-22-25-28-29-26-22/h7-12,34H,3-6,13-15H2,1-2H3,(H,25,26,28,29). The first-order valence-electron chi connectivity index (χ1n) is 11.6. The van der Waals surface area contributed by atoms with Gasteiger partial charge in [0.15, 0.2) is 17.4 Å². The molecule has 0 fully saturated rings. The second kappa shape index (κ2) is 11.3. The van der Waals surface area contributed by atoms with E-state index in [2.05, 4.69) is 36.1 Å². The van der Waals surface area contributed by atoms with Crippen LogP contribution in [0.25, 0.3) is 0 Å². The van der Waals surface area contributed by atoms with Gasteiger partial charge in [0.1, 0.15) is 18.1 Å². The lowest BCUT2D eigenvalue weighted by Crippen LogP contribution is -2.08. The van der Waals surface area contributed by atoms with E-state index in [1.807, 2.05) is 37.3 Å². The largest absolute Gasteiger partial charge is 0.507 e.